The minimum Gasteiger partial charge on any atom is -0.355 e. The monoisotopic (exact) mass is 438 g/mol. The largest absolute Gasteiger partial charge is 0.355 e. The lowest BCUT2D eigenvalue weighted by Crippen LogP contribution is -2.48. The summed E-state index contributed by atoms with van der Waals surface area (Å²) in [4.78, 5) is 26.8. The van der Waals surface area contributed by atoms with Crippen LogP contribution >= 0.6 is 35.0 Å². The second-order valence-corrected chi connectivity index (χ2v) is 8.14. The van der Waals surface area contributed by atoms with Crippen LogP contribution in [0.4, 0.5) is 0 Å². The van der Waals surface area contributed by atoms with E-state index in [1.165, 1.54) is 11.8 Å². The number of thioether (sulfide) groups is 1. The number of hydrogen-bond donors (Lipinski definition) is 1. The number of likely N-dealkylation sites (N-methyl/N-ethyl adjacent to an activating group) is 1. The maximum Gasteiger partial charge on any atom is 0.242 e. The number of hydrogen-bond acceptors (Lipinski definition) is 3. The zero-order valence-corrected chi connectivity index (χ0v) is 18.3. The Labute approximate surface area is 180 Å². The Kier molecular flexibility index (Phi) is 9.16. The van der Waals surface area contributed by atoms with E-state index in [2.05, 4.69) is 5.32 Å². The highest BCUT2D eigenvalue weighted by Gasteiger charge is 2.26. The van der Waals surface area contributed by atoms with Crippen molar-refractivity contribution in [1.29, 1.82) is 0 Å². The Bertz CT molecular complexity index is 816. The molecule has 1 atom stereocenters. The highest BCUT2D eigenvalue weighted by atomic mass is 35.5. The number of carbonyl (C=O) groups excluding carboxylic acids is 2. The van der Waals surface area contributed by atoms with Gasteiger partial charge in [0.1, 0.15) is 6.04 Å². The molecule has 0 aliphatic carbocycles. The zero-order chi connectivity index (χ0) is 20.5. The lowest BCUT2D eigenvalue weighted by atomic mass is 10.1. The third-order valence-corrected chi connectivity index (χ3v) is 5.79. The molecule has 0 aliphatic heterocycles. The van der Waals surface area contributed by atoms with Gasteiger partial charge in [0.05, 0.1) is 5.75 Å². The predicted molar refractivity (Wildman–Crippen MR) is 118 cm³/mol. The Hall–Kier alpha value is -1.69. The van der Waals surface area contributed by atoms with E-state index < -0.39 is 6.04 Å². The molecule has 2 aromatic carbocycles. The van der Waals surface area contributed by atoms with Gasteiger partial charge in [-0.2, -0.15) is 0 Å². The number of amides is 2. The molecule has 7 heteroatoms. The lowest BCUT2D eigenvalue weighted by Gasteiger charge is -2.29. The molecule has 1 N–H and O–H groups in total. The van der Waals surface area contributed by atoms with E-state index >= 15 is 0 Å². The molecule has 0 spiro atoms. The van der Waals surface area contributed by atoms with Gasteiger partial charge in [-0.15, -0.1) is 11.8 Å². The fraction of sp³-hybridized carbons (Fsp3) is 0.333. The van der Waals surface area contributed by atoms with Gasteiger partial charge < -0.3 is 10.2 Å². The lowest BCUT2D eigenvalue weighted by molar-refractivity contribution is -0.138. The number of nitrogens with one attached hydrogen (secondary N) is 1. The first-order valence-electron chi connectivity index (χ1n) is 9.05. The van der Waals surface area contributed by atoms with Crippen molar-refractivity contribution in [3.05, 3.63) is 69.7 Å². The van der Waals surface area contributed by atoms with E-state index in [-0.39, 0.29) is 24.1 Å². The number of halogens is 2. The normalized spacial score (nSPS) is 11.7. The minimum absolute atomic E-state index is 0.106. The number of carbonyl (C=O) groups is 2. The van der Waals surface area contributed by atoms with Crippen LogP contribution in [0.25, 0.3) is 0 Å². The fourth-order valence-corrected chi connectivity index (χ4v) is 3.95. The summed E-state index contributed by atoms with van der Waals surface area (Å²) < 4.78 is 0. The van der Waals surface area contributed by atoms with Crippen molar-refractivity contribution in [3.8, 4) is 0 Å². The summed E-state index contributed by atoms with van der Waals surface area (Å²) in [5.74, 6) is 0.649. The highest BCUT2D eigenvalue weighted by Crippen LogP contribution is 2.21. The predicted octanol–water partition coefficient (Wildman–Crippen LogP) is 4.78. The Morgan fingerprint density at radius 2 is 1.89 bits per heavy atom. The Balaban J connectivity index is 2.07. The average molecular weight is 439 g/mol. The molecule has 0 saturated carbocycles. The van der Waals surface area contributed by atoms with Gasteiger partial charge in [0.2, 0.25) is 11.8 Å². The molecule has 0 fully saturated rings. The molecule has 0 aromatic heterocycles. The summed E-state index contributed by atoms with van der Waals surface area (Å²) in [7, 11) is 0. The van der Waals surface area contributed by atoms with E-state index in [1.54, 1.807) is 17.9 Å². The maximum absolute atomic E-state index is 12.9. The van der Waals surface area contributed by atoms with Crippen molar-refractivity contribution in [3.63, 3.8) is 0 Å². The SMILES string of the molecule is CCNC(=O)[C@@H](C)N(Cc1ccccc1Cl)C(=O)CSCc1cccc(Cl)c1. The fourth-order valence-electron chi connectivity index (χ4n) is 2.68. The van der Waals surface area contributed by atoms with Crippen LogP contribution in [0.3, 0.4) is 0 Å². The van der Waals surface area contributed by atoms with Crippen molar-refractivity contribution >= 4 is 46.8 Å². The average Bonchev–Trinajstić information content (AvgIpc) is 2.67. The molecule has 28 heavy (non-hydrogen) atoms. The van der Waals surface area contributed by atoms with Gasteiger partial charge in [-0.05, 0) is 43.2 Å². The molecule has 150 valence electrons. The highest BCUT2D eigenvalue weighted by molar-refractivity contribution is 7.99. The standard InChI is InChI=1S/C21H24Cl2N2O2S/c1-3-24-21(27)15(2)25(12-17-8-4-5-10-19(17)23)20(26)14-28-13-16-7-6-9-18(22)11-16/h4-11,15H,3,12-14H2,1-2H3,(H,24,27)/t15-/m1/s1. The van der Waals surface area contributed by atoms with Crippen LogP contribution in [0, 0.1) is 0 Å². The van der Waals surface area contributed by atoms with Crippen LogP contribution in [-0.2, 0) is 21.9 Å². The van der Waals surface area contributed by atoms with Crippen LogP contribution in [0.2, 0.25) is 10.0 Å². The van der Waals surface area contributed by atoms with Crippen molar-refractivity contribution in [2.45, 2.75) is 32.2 Å². The molecular formula is C21H24Cl2N2O2S. The van der Waals surface area contributed by atoms with E-state index in [0.717, 1.165) is 11.1 Å². The summed E-state index contributed by atoms with van der Waals surface area (Å²) in [5.41, 5.74) is 1.87. The maximum atomic E-state index is 12.9. The number of nitrogens with zero attached hydrogens (tertiary/aromatic N) is 1. The first-order valence-corrected chi connectivity index (χ1v) is 11.0. The summed E-state index contributed by atoms with van der Waals surface area (Å²) in [5, 5.41) is 4.04. The summed E-state index contributed by atoms with van der Waals surface area (Å²) in [6, 6.07) is 14.3. The molecule has 4 nitrogen and oxygen atoms in total. The smallest absolute Gasteiger partial charge is 0.242 e. The van der Waals surface area contributed by atoms with E-state index in [1.807, 2.05) is 49.4 Å². The van der Waals surface area contributed by atoms with E-state index in [4.69, 9.17) is 23.2 Å². The molecule has 2 amide bonds. The third kappa shape index (κ3) is 6.73. The van der Waals surface area contributed by atoms with Crippen molar-refractivity contribution in [2.24, 2.45) is 0 Å². The van der Waals surface area contributed by atoms with Crippen LogP contribution in [-0.4, -0.2) is 35.1 Å². The topological polar surface area (TPSA) is 49.4 Å². The first kappa shape index (κ1) is 22.6. The van der Waals surface area contributed by atoms with Crippen molar-refractivity contribution in [1.82, 2.24) is 10.2 Å². The third-order valence-electron chi connectivity index (χ3n) is 4.20. The second kappa shape index (κ2) is 11.3. The number of rotatable bonds is 9. The minimum atomic E-state index is -0.588. The van der Waals surface area contributed by atoms with Gasteiger partial charge in [0, 0.05) is 28.9 Å². The van der Waals surface area contributed by atoms with Crippen molar-refractivity contribution in [2.75, 3.05) is 12.3 Å². The van der Waals surface area contributed by atoms with Gasteiger partial charge in [-0.3, -0.25) is 9.59 Å². The van der Waals surface area contributed by atoms with Gasteiger partial charge in [-0.1, -0.05) is 53.5 Å². The molecule has 0 bridgehead atoms. The van der Waals surface area contributed by atoms with Gasteiger partial charge in [-0.25, -0.2) is 0 Å². The van der Waals surface area contributed by atoms with Crippen molar-refractivity contribution < 1.29 is 9.59 Å². The van der Waals surface area contributed by atoms with E-state index in [9.17, 15) is 9.59 Å². The molecule has 2 rings (SSSR count). The zero-order valence-electron chi connectivity index (χ0n) is 16.0. The molecule has 0 saturated heterocycles. The van der Waals surface area contributed by atoms with Crippen LogP contribution in [0.5, 0.6) is 0 Å². The molecule has 0 aliphatic rings. The quantitative estimate of drug-likeness (QED) is 0.612. The summed E-state index contributed by atoms with van der Waals surface area (Å²) in [6.07, 6.45) is 0. The first-order chi connectivity index (χ1) is 13.4. The van der Waals surface area contributed by atoms with Gasteiger partial charge in [0.25, 0.3) is 0 Å². The molecule has 0 radical (unpaired) electrons. The second-order valence-electron chi connectivity index (χ2n) is 6.31. The van der Waals surface area contributed by atoms with Crippen LogP contribution < -0.4 is 5.32 Å². The Morgan fingerprint density at radius 1 is 1.14 bits per heavy atom. The Morgan fingerprint density at radius 3 is 2.57 bits per heavy atom. The summed E-state index contributed by atoms with van der Waals surface area (Å²) >= 11 is 13.8. The molecule has 2 aromatic rings. The van der Waals surface area contributed by atoms with Gasteiger partial charge >= 0.3 is 0 Å². The summed E-state index contributed by atoms with van der Waals surface area (Å²) in [6.45, 7) is 4.39. The molecule has 0 heterocycles. The van der Waals surface area contributed by atoms with Gasteiger partial charge in [0.15, 0.2) is 0 Å². The van der Waals surface area contributed by atoms with E-state index in [0.29, 0.717) is 22.3 Å². The molecular weight excluding hydrogens is 415 g/mol. The number of benzene rings is 2. The van der Waals surface area contributed by atoms with Crippen LogP contribution in [0.15, 0.2) is 48.5 Å². The van der Waals surface area contributed by atoms with Crippen LogP contribution in [0.1, 0.15) is 25.0 Å². The molecule has 0 unspecified atom stereocenters.